The third-order valence-corrected chi connectivity index (χ3v) is 5.37. The van der Waals surface area contributed by atoms with Crippen LogP contribution in [-0.4, -0.2) is 35.5 Å². The van der Waals surface area contributed by atoms with Crippen molar-refractivity contribution >= 4 is 23.2 Å². The molecule has 0 aromatic heterocycles. The molecule has 0 aliphatic heterocycles. The molecule has 5 nitrogen and oxygen atoms in total. The molecule has 0 aliphatic carbocycles. The molecular formula is C26H20F7N3O2. The summed E-state index contributed by atoms with van der Waals surface area (Å²) in [5.41, 5.74) is 5.29. The second-order valence-electron chi connectivity index (χ2n) is 8.15. The van der Waals surface area contributed by atoms with E-state index in [0.29, 0.717) is 5.56 Å². The highest BCUT2D eigenvalue weighted by molar-refractivity contribution is 6.01. The van der Waals surface area contributed by atoms with Gasteiger partial charge in [0.2, 0.25) is 5.91 Å². The molecule has 0 aliphatic rings. The lowest BCUT2D eigenvalue weighted by Gasteiger charge is -2.27. The van der Waals surface area contributed by atoms with Crippen LogP contribution in [0.2, 0.25) is 0 Å². The highest BCUT2D eigenvalue weighted by atomic mass is 19.4. The first-order chi connectivity index (χ1) is 17.7. The van der Waals surface area contributed by atoms with Crippen LogP contribution in [0, 0.1) is 0 Å². The van der Waals surface area contributed by atoms with E-state index in [-0.39, 0.29) is 12.1 Å². The number of nitrogens with one attached hydrogen (secondary N) is 2. The molecule has 0 fully saturated rings. The van der Waals surface area contributed by atoms with Gasteiger partial charge in [-0.25, -0.2) is 5.43 Å². The Balaban J connectivity index is 1.58. The number of amides is 2. The molecule has 0 spiro atoms. The van der Waals surface area contributed by atoms with Crippen LogP contribution < -0.4 is 10.7 Å². The maximum absolute atomic E-state index is 13.5. The first-order valence-electron chi connectivity index (χ1n) is 10.9. The zero-order valence-electron chi connectivity index (χ0n) is 19.6. The summed E-state index contributed by atoms with van der Waals surface area (Å²) < 4.78 is 89.7. The fraction of sp³-hybridized carbons (Fsp3) is 0.192. The number of hydrogen-bond acceptors (Lipinski definition) is 3. The molecule has 0 heterocycles. The third-order valence-electron chi connectivity index (χ3n) is 5.37. The second-order valence-corrected chi connectivity index (χ2v) is 8.15. The van der Waals surface area contributed by atoms with Gasteiger partial charge in [0, 0.05) is 5.69 Å². The van der Waals surface area contributed by atoms with Gasteiger partial charge in [-0.2, -0.15) is 35.8 Å². The summed E-state index contributed by atoms with van der Waals surface area (Å²) in [5, 5.41) is 5.27. The second kappa shape index (κ2) is 11.0. The average Bonchev–Trinajstić information content (AvgIpc) is 2.88. The van der Waals surface area contributed by atoms with Crippen LogP contribution in [-0.2, 0) is 16.0 Å². The molecule has 0 unspecified atom stereocenters. The fourth-order valence-electron chi connectivity index (χ4n) is 3.21. The lowest BCUT2D eigenvalue weighted by Crippen LogP contribution is -2.57. The average molecular weight is 539 g/mol. The Morgan fingerprint density at radius 1 is 0.763 bits per heavy atom. The molecule has 2 amide bonds. The Hall–Kier alpha value is -4.22. The molecule has 38 heavy (non-hydrogen) atoms. The SMILES string of the molecule is C/C(=N/NC(=O)Cc1ccc(-c2ccccc2)cc1)c1ccc(NC(=O)C(F)(F)C(F)(F)C(F)(F)F)cc1. The van der Waals surface area contributed by atoms with Crippen LogP contribution in [0.25, 0.3) is 11.1 Å². The number of halogens is 7. The predicted octanol–water partition coefficient (Wildman–Crippen LogP) is 6.21. The molecule has 0 radical (unpaired) electrons. The van der Waals surface area contributed by atoms with Crippen LogP contribution in [0.1, 0.15) is 18.1 Å². The topological polar surface area (TPSA) is 70.6 Å². The summed E-state index contributed by atoms with van der Waals surface area (Å²) in [6.45, 7) is 1.50. The Morgan fingerprint density at radius 3 is 1.87 bits per heavy atom. The third kappa shape index (κ3) is 6.36. The maximum atomic E-state index is 13.5. The number of benzene rings is 3. The molecule has 200 valence electrons. The standard InChI is InChI=1S/C26H20F7N3O2/c1-16(35-36-22(37)15-17-7-9-20(10-8-17)19-5-3-2-4-6-19)18-11-13-21(14-12-18)34-23(38)24(27,28)25(29,30)26(31,32)33/h2-14H,15H2,1H3,(H,34,38)(H,36,37)/b35-16-. The van der Waals surface area contributed by atoms with Crippen molar-refractivity contribution in [1.82, 2.24) is 5.43 Å². The number of hydrazone groups is 1. The Labute approximate surface area is 212 Å². The van der Waals surface area contributed by atoms with Crippen LogP contribution >= 0.6 is 0 Å². The van der Waals surface area contributed by atoms with Crippen molar-refractivity contribution in [3.05, 3.63) is 90.0 Å². The molecular weight excluding hydrogens is 519 g/mol. The van der Waals surface area contributed by atoms with Crippen molar-refractivity contribution in [2.75, 3.05) is 5.32 Å². The molecule has 0 bridgehead atoms. The smallest absolute Gasteiger partial charge is 0.321 e. The monoisotopic (exact) mass is 539 g/mol. The van der Waals surface area contributed by atoms with Gasteiger partial charge in [-0.1, -0.05) is 66.7 Å². The van der Waals surface area contributed by atoms with Crippen LogP contribution in [0.5, 0.6) is 0 Å². The van der Waals surface area contributed by atoms with E-state index < -0.39 is 35.5 Å². The number of hydrogen-bond donors (Lipinski definition) is 2. The number of nitrogens with zero attached hydrogens (tertiary/aromatic N) is 1. The van der Waals surface area contributed by atoms with Gasteiger partial charge in [0.25, 0.3) is 0 Å². The number of rotatable bonds is 8. The van der Waals surface area contributed by atoms with Gasteiger partial charge in [0.1, 0.15) is 0 Å². The predicted molar refractivity (Wildman–Crippen MR) is 127 cm³/mol. The molecule has 3 rings (SSSR count). The van der Waals surface area contributed by atoms with Crippen molar-refractivity contribution in [2.45, 2.75) is 31.4 Å². The van der Waals surface area contributed by atoms with E-state index >= 15 is 0 Å². The lowest BCUT2D eigenvalue weighted by molar-refractivity contribution is -0.343. The van der Waals surface area contributed by atoms with E-state index in [4.69, 9.17) is 0 Å². The molecule has 0 saturated carbocycles. The first-order valence-corrected chi connectivity index (χ1v) is 10.9. The maximum Gasteiger partial charge on any atom is 0.460 e. The molecule has 0 atom stereocenters. The van der Waals surface area contributed by atoms with Crippen LogP contribution in [0.3, 0.4) is 0 Å². The number of carbonyl (C=O) groups excluding carboxylic acids is 2. The first kappa shape index (κ1) is 28.4. The summed E-state index contributed by atoms with van der Waals surface area (Å²) in [6.07, 6.45) is -6.59. The van der Waals surface area contributed by atoms with Crippen molar-refractivity contribution < 1.29 is 40.3 Å². The molecule has 3 aromatic carbocycles. The highest BCUT2D eigenvalue weighted by Crippen LogP contribution is 2.46. The van der Waals surface area contributed by atoms with Gasteiger partial charge in [-0.05, 0) is 41.3 Å². The van der Waals surface area contributed by atoms with Crippen molar-refractivity contribution in [3.63, 3.8) is 0 Å². The van der Waals surface area contributed by atoms with Gasteiger partial charge >= 0.3 is 23.9 Å². The molecule has 0 saturated heterocycles. The zero-order valence-corrected chi connectivity index (χ0v) is 19.6. The molecule has 12 heteroatoms. The summed E-state index contributed by atoms with van der Waals surface area (Å²) in [4.78, 5) is 23.7. The molecule has 3 aromatic rings. The lowest BCUT2D eigenvalue weighted by atomic mass is 10.0. The van der Waals surface area contributed by atoms with Crippen LogP contribution in [0.4, 0.5) is 36.4 Å². The van der Waals surface area contributed by atoms with Crippen LogP contribution in [0.15, 0.2) is 84.0 Å². The summed E-state index contributed by atoms with van der Waals surface area (Å²) in [5.74, 6) is -15.8. The Bertz CT molecular complexity index is 1310. The normalized spacial score (nSPS) is 12.7. The van der Waals surface area contributed by atoms with Gasteiger partial charge in [0.15, 0.2) is 0 Å². The van der Waals surface area contributed by atoms with Crippen molar-refractivity contribution in [1.29, 1.82) is 0 Å². The van der Waals surface area contributed by atoms with E-state index in [0.717, 1.165) is 28.8 Å². The van der Waals surface area contributed by atoms with Gasteiger partial charge < -0.3 is 5.32 Å². The largest absolute Gasteiger partial charge is 0.460 e. The Kier molecular flexibility index (Phi) is 8.23. The van der Waals surface area contributed by atoms with E-state index in [2.05, 4.69) is 10.5 Å². The summed E-state index contributed by atoms with van der Waals surface area (Å²) in [6, 6.07) is 21.5. The quantitative estimate of drug-likeness (QED) is 0.203. The number of anilines is 1. The van der Waals surface area contributed by atoms with Crippen molar-refractivity contribution in [3.8, 4) is 11.1 Å². The van der Waals surface area contributed by atoms with Gasteiger partial charge in [-0.15, -0.1) is 0 Å². The Morgan fingerprint density at radius 2 is 1.32 bits per heavy atom. The van der Waals surface area contributed by atoms with Gasteiger partial charge in [0.05, 0.1) is 12.1 Å². The highest BCUT2D eigenvalue weighted by Gasteiger charge is 2.76. The zero-order chi connectivity index (χ0) is 28.1. The molecule has 2 N–H and O–H groups in total. The van der Waals surface area contributed by atoms with E-state index in [1.165, 1.54) is 24.4 Å². The summed E-state index contributed by atoms with van der Waals surface area (Å²) in [7, 11) is 0. The van der Waals surface area contributed by atoms with E-state index in [1.54, 1.807) is 12.1 Å². The van der Waals surface area contributed by atoms with E-state index in [1.807, 2.05) is 42.5 Å². The number of alkyl halides is 7. The summed E-state index contributed by atoms with van der Waals surface area (Å²) >= 11 is 0. The van der Waals surface area contributed by atoms with Crippen molar-refractivity contribution in [2.24, 2.45) is 5.10 Å². The van der Waals surface area contributed by atoms with Gasteiger partial charge in [-0.3, -0.25) is 9.59 Å². The minimum Gasteiger partial charge on any atom is -0.321 e. The number of carbonyl (C=O) groups is 2. The van der Waals surface area contributed by atoms with E-state index in [9.17, 15) is 40.3 Å². The minimum atomic E-state index is -6.62. The fourth-order valence-corrected chi connectivity index (χ4v) is 3.21. The minimum absolute atomic E-state index is 0.0353.